The number of aryl methyl sites for hydroxylation is 1. The topological polar surface area (TPSA) is 86.3 Å². The van der Waals surface area contributed by atoms with Gasteiger partial charge < -0.3 is 14.1 Å². The number of aromatic nitrogens is 4. The van der Waals surface area contributed by atoms with Crippen LogP contribution in [0.15, 0.2) is 40.1 Å². The molecule has 4 aromatic rings. The third-order valence-electron chi connectivity index (χ3n) is 5.54. The summed E-state index contributed by atoms with van der Waals surface area (Å²) in [6.45, 7) is 3.11. The molecule has 1 aromatic carbocycles. The number of carbonyl (C=O) groups is 1. The number of methoxy groups -OCH3 is 1. The van der Waals surface area contributed by atoms with Crippen molar-refractivity contribution in [1.29, 1.82) is 0 Å². The van der Waals surface area contributed by atoms with Gasteiger partial charge in [0.15, 0.2) is 5.76 Å². The number of hydrogen-bond acceptors (Lipinski definition) is 7. The average Bonchev–Trinajstić information content (AvgIpc) is 3.55. The van der Waals surface area contributed by atoms with Gasteiger partial charge in [0.05, 0.1) is 24.6 Å². The summed E-state index contributed by atoms with van der Waals surface area (Å²) in [7, 11) is 1.62. The minimum absolute atomic E-state index is 0.00466. The van der Waals surface area contributed by atoms with E-state index in [0.717, 1.165) is 34.4 Å². The summed E-state index contributed by atoms with van der Waals surface area (Å²) in [6.07, 6.45) is 1.84. The van der Waals surface area contributed by atoms with Crippen molar-refractivity contribution in [1.82, 2.24) is 25.1 Å². The van der Waals surface area contributed by atoms with E-state index in [0.29, 0.717) is 30.3 Å². The van der Waals surface area contributed by atoms with Gasteiger partial charge in [0.1, 0.15) is 11.3 Å². The van der Waals surface area contributed by atoms with Gasteiger partial charge in [-0.2, -0.15) is 4.80 Å². The minimum atomic E-state index is -0.0937. The molecule has 4 heterocycles. The van der Waals surface area contributed by atoms with Gasteiger partial charge in [-0.3, -0.25) is 4.79 Å². The number of hydrogen-bond donors (Lipinski definition) is 0. The van der Waals surface area contributed by atoms with Crippen LogP contribution >= 0.6 is 11.3 Å². The van der Waals surface area contributed by atoms with E-state index < -0.39 is 0 Å². The van der Waals surface area contributed by atoms with Crippen molar-refractivity contribution in [2.45, 2.75) is 32.4 Å². The summed E-state index contributed by atoms with van der Waals surface area (Å²) >= 11 is 1.58. The lowest BCUT2D eigenvalue weighted by Crippen LogP contribution is -2.38. The van der Waals surface area contributed by atoms with E-state index in [1.807, 2.05) is 47.5 Å². The zero-order chi connectivity index (χ0) is 20.7. The van der Waals surface area contributed by atoms with Gasteiger partial charge in [-0.1, -0.05) is 6.07 Å². The Balaban J connectivity index is 1.38. The molecule has 1 amide bonds. The molecule has 0 bridgehead atoms. The second-order valence-corrected chi connectivity index (χ2v) is 8.31. The second kappa shape index (κ2) is 7.56. The molecule has 1 aliphatic heterocycles. The van der Waals surface area contributed by atoms with Gasteiger partial charge in [-0.25, -0.2) is 0 Å². The van der Waals surface area contributed by atoms with Crippen molar-refractivity contribution in [3.05, 3.63) is 47.0 Å². The van der Waals surface area contributed by atoms with E-state index in [4.69, 9.17) is 9.15 Å². The number of fused-ring (bicyclic) bond motifs is 1. The van der Waals surface area contributed by atoms with Crippen LogP contribution in [0.3, 0.4) is 0 Å². The van der Waals surface area contributed by atoms with Crippen LogP contribution in [0.4, 0.5) is 0 Å². The average molecular weight is 423 g/mol. The lowest BCUT2D eigenvalue weighted by molar-refractivity contribution is 0.0687. The van der Waals surface area contributed by atoms with Crippen molar-refractivity contribution in [2.24, 2.45) is 0 Å². The van der Waals surface area contributed by atoms with Gasteiger partial charge in [0.25, 0.3) is 5.91 Å². The van der Waals surface area contributed by atoms with Crippen molar-refractivity contribution >= 4 is 28.2 Å². The Hall–Kier alpha value is -3.20. The number of carbonyl (C=O) groups excluding carboxylic acids is 1. The maximum absolute atomic E-state index is 13.3. The second-order valence-electron chi connectivity index (χ2n) is 7.36. The van der Waals surface area contributed by atoms with E-state index in [2.05, 4.69) is 15.4 Å². The highest BCUT2D eigenvalue weighted by Gasteiger charge is 2.33. The third kappa shape index (κ3) is 3.24. The monoisotopic (exact) mass is 423 g/mol. The molecule has 1 aliphatic rings. The largest absolute Gasteiger partial charge is 0.497 e. The first-order valence-corrected chi connectivity index (χ1v) is 10.7. The number of nitrogens with zero attached hydrogens (tertiary/aromatic N) is 5. The number of amides is 1. The van der Waals surface area contributed by atoms with Crippen molar-refractivity contribution in [3.63, 3.8) is 0 Å². The fourth-order valence-electron chi connectivity index (χ4n) is 3.97. The highest BCUT2D eigenvalue weighted by Crippen LogP contribution is 2.31. The highest BCUT2D eigenvalue weighted by atomic mass is 32.1. The summed E-state index contributed by atoms with van der Waals surface area (Å²) in [5, 5.41) is 15.7. The molecule has 3 aromatic heterocycles. The van der Waals surface area contributed by atoms with Crippen LogP contribution in [0, 0.1) is 6.92 Å². The van der Waals surface area contributed by atoms with Crippen LogP contribution in [0.2, 0.25) is 0 Å². The van der Waals surface area contributed by atoms with E-state index in [9.17, 15) is 4.79 Å². The zero-order valence-electron chi connectivity index (χ0n) is 16.7. The zero-order valence-corrected chi connectivity index (χ0v) is 17.6. The van der Waals surface area contributed by atoms with Crippen LogP contribution in [0.1, 0.15) is 29.0 Å². The minimum Gasteiger partial charge on any atom is -0.497 e. The molecule has 9 heteroatoms. The molecule has 8 nitrogen and oxygen atoms in total. The van der Waals surface area contributed by atoms with Crippen molar-refractivity contribution in [3.8, 4) is 16.5 Å². The van der Waals surface area contributed by atoms with E-state index in [1.165, 1.54) is 0 Å². The Kier molecular flexibility index (Phi) is 4.74. The van der Waals surface area contributed by atoms with Gasteiger partial charge >= 0.3 is 0 Å². The first kappa shape index (κ1) is 18.8. The number of likely N-dealkylation sites (tertiary alicyclic amines) is 1. The fourth-order valence-corrected chi connectivity index (χ4v) is 4.62. The SMILES string of the molecule is COc1ccc2oc(C(=O)N3CCC[C@H]3Cn3nnc(-c4cccs4)n3)c(C)c2c1. The number of tetrazole rings is 1. The number of furan rings is 1. The molecular weight excluding hydrogens is 402 g/mol. The van der Waals surface area contributed by atoms with Crippen molar-refractivity contribution in [2.75, 3.05) is 13.7 Å². The lowest BCUT2D eigenvalue weighted by Gasteiger charge is -2.23. The Bertz CT molecular complexity index is 1200. The predicted octanol–water partition coefficient (Wildman–Crippen LogP) is 3.77. The lowest BCUT2D eigenvalue weighted by atomic mass is 10.1. The maximum Gasteiger partial charge on any atom is 0.290 e. The first-order chi connectivity index (χ1) is 14.6. The van der Waals surface area contributed by atoms with Crippen molar-refractivity contribution < 1.29 is 13.9 Å². The maximum atomic E-state index is 13.3. The van der Waals surface area contributed by atoms with Crippen LogP contribution < -0.4 is 4.74 Å². The molecule has 1 atom stereocenters. The molecule has 5 rings (SSSR count). The standard InChI is InChI=1S/C21H21N5O3S/c1-13-16-11-15(28-2)7-8-17(16)29-19(13)21(27)25-9-3-5-14(25)12-26-23-20(22-24-26)18-6-4-10-30-18/h4,6-8,10-11,14H,3,5,9,12H2,1-2H3/t14-/m0/s1. The number of rotatable bonds is 5. The van der Waals surface area contributed by atoms with Gasteiger partial charge in [-0.05, 0) is 54.6 Å². The van der Waals surface area contributed by atoms with E-state index in [1.54, 1.807) is 23.2 Å². The fraction of sp³-hybridized carbons (Fsp3) is 0.333. The van der Waals surface area contributed by atoms with Gasteiger partial charge in [-0.15, -0.1) is 21.5 Å². The number of benzene rings is 1. The molecule has 0 saturated carbocycles. The van der Waals surface area contributed by atoms with E-state index in [-0.39, 0.29) is 11.9 Å². The summed E-state index contributed by atoms with van der Waals surface area (Å²) < 4.78 is 11.2. The summed E-state index contributed by atoms with van der Waals surface area (Å²) in [5.41, 5.74) is 1.52. The predicted molar refractivity (Wildman–Crippen MR) is 113 cm³/mol. The smallest absolute Gasteiger partial charge is 0.290 e. The van der Waals surface area contributed by atoms with Gasteiger partial charge in [0, 0.05) is 17.5 Å². The molecule has 154 valence electrons. The van der Waals surface area contributed by atoms with Crippen LogP contribution in [0.25, 0.3) is 21.7 Å². The molecule has 1 saturated heterocycles. The quantitative estimate of drug-likeness (QED) is 0.486. The summed E-state index contributed by atoms with van der Waals surface area (Å²) in [5.74, 6) is 1.64. The summed E-state index contributed by atoms with van der Waals surface area (Å²) in [6, 6.07) is 9.51. The molecule has 30 heavy (non-hydrogen) atoms. The Morgan fingerprint density at radius 1 is 1.37 bits per heavy atom. The first-order valence-electron chi connectivity index (χ1n) is 9.84. The van der Waals surface area contributed by atoms with E-state index >= 15 is 0 Å². The third-order valence-corrected chi connectivity index (χ3v) is 6.41. The van der Waals surface area contributed by atoms with Crippen LogP contribution in [0.5, 0.6) is 5.75 Å². The summed E-state index contributed by atoms with van der Waals surface area (Å²) in [4.78, 5) is 17.8. The molecule has 0 N–H and O–H groups in total. The van der Waals surface area contributed by atoms with Crippen LogP contribution in [-0.2, 0) is 6.54 Å². The normalized spacial score (nSPS) is 16.5. The number of thiophene rings is 1. The molecule has 0 radical (unpaired) electrons. The molecule has 1 fully saturated rings. The van der Waals surface area contributed by atoms with Crippen LogP contribution in [-0.4, -0.2) is 50.7 Å². The Labute approximate surface area is 177 Å². The molecule has 0 unspecified atom stereocenters. The molecule has 0 spiro atoms. The molecule has 0 aliphatic carbocycles. The highest BCUT2D eigenvalue weighted by molar-refractivity contribution is 7.13. The molecular formula is C21H21N5O3S. The number of ether oxygens (including phenoxy) is 1. The van der Waals surface area contributed by atoms with Gasteiger partial charge in [0.2, 0.25) is 5.82 Å². The Morgan fingerprint density at radius 3 is 3.07 bits per heavy atom. The Morgan fingerprint density at radius 2 is 2.27 bits per heavy atom.